The molecule has 0 saturated heterocycles. The number of nitrogens with one attached hydrogen (secondary N) is 1. The van der Waals surface area contributed by atoms with Crippen molar-refractivity contribution in [2.45, 2.75) is 51.9 Å². The summed E-state index contributed by atoms with van der Waals surface area (Å²) in [4.78, 5) is 4.10. The molecule has 0 atom stereocenters. The first kappa shape index (κ1) is 14.9. The molecule has 7 heteroatoms. The van der Waals surface area contributed by atoms with Crippen molar-refractivity contribution in [3.05, 3.63) is 12.2 Å². The molecular formula is C11H19F3N4. The highest BCUT2D eigenvalue weighted by molar-refractivity contribution is 4.85. The van der Waals surface area contributed by atoms with Gasteiger partial charge in [-0.25, -0.2) is 9.67 Å². The predicted molar refractivity (Wildman–Crippen MR) is 62.0 cm³/mol. The van der Waals surface area contributed by atoms with E-state index in [1.807, 2.05) is 13.8 Å². The summed E-state index contributed by atoms with van der Waals surface area (Å²) in [7, 11) is 0. The summed E-state index contributed by atoms with van der Waals surface area (Å²) in [6, 6.07) is 0.231. The van der Waals surface area contributed by atoms with E-state index in [-0.39, 0.29) is 12.5 Å². The highest BCUT2D eigenvalue weighted by Crippen LogP contribution is 2.21. The third-order valence-corrected chi connectivity index (χ3v) is 2.48. The van der Waals surface area contributed by atoms with Crippen molar-refractivity contribution >= 4 is 0 Å². The molecule has 0 saturated carbocycles. The minimum atomic E-state index is -4.04. The molecule has 0 spiro atoms. The average molecular weight is 264 g/mol. The number of nitrogens with zero attached hydrogens (tertiary/aromatic N) is 3. The van der Waals surface area contributed by atoms with Crippen LogP contribution in [0.25, 0.3) is 0 Å². The molecule has 0 aliphatic rings. The van der Waals surface area contributed by atoms with E-state index in [2.05, 4.69) is 15.4 Å². The minimum Gasteiger partial charge on any atom is -0.310 e. The lowest BCUT2D eigenvalue weighted by atomic mass is 10.2. The van der Waals surface area contributed by atoms with E-state index in [1.54, 1.807) is 4.68 Å². The molecule has 1 heterocycles. The quantitative estimate of drug-likeness (QED) is 0.770. The van der Waals surface area contributed by atoms with E-state index in [9.17, 15) is 13.2 Å². The fourth-order valence-electron chi connectivity index (χ4n) is 1.61. The second-order valence-corrected chi connectivity index (χ2v) is 4.46. The normalized spacial score (nSPS) is 12.3. The Bertz CT molecular complexity index is 346. The van der Waals surface area contributed by atoms with Gasteiger partial charge in [0.05, 0.1) is 6.54 Å². The van der Waals surface area contributed by atoms with Crippen LogP contribution in [-0.2, 0) is 6.54 Å². The van der Waals surface area contributed by atoms with Crippen LogP contribution in [0.1, 0.15) is 45.0 Å². The molecule has 0 fully saturated rings. The molecule has 18 heavy (non-hydrogen) atoms. The van der Waals surface area contributed by atoms with Crippen molar-refractivity contribution in [3.8, 4) is 0 Å². The summed E-state index contributed by atoms with van der Waals surface area (Å²) in [6.07, 6.45) is -2.60. The summed E-state index contributed by atoms with van der Waals surface area (Å²) in [6.45, 7) is 5.09. The molecule has 0 aromatic carbocycles. The monoisotopic (exact) mass is 264 g/mol. The lowest BCUT2D eigenvalue weighted by molar-refractivity contribution is -0.135. The number of unbranched alkanes of at least 4 members (excludes halogenated alkanes) is 1. The summed E-state index contributed by atoms with van der Waals surface area (Å²) in [5.74, 6) is 0.806. The molecule has 0 radical (unpaired) electrons. The van der Waals surface area contributed by atoms with Crippen LogP contribution in [0.15, 0.2) is 6.33 Å². The van der Waals surface area contributed by atoms with Crippen LogP contribution in [0.5, 0.6) is 0 Å². The van der Waals surface area contributed by atoms with Gasteiger partial charge in [0.2, 0.25) is 0 Å². The van der Waals surface area contributed by atoms with Gasteiger partial charge in [0.15, 0.2) is 0 Å². The maximum atomic E-state index is 11.9. The van der Waals surface area contributed by atoms with E-state index in [1.165, 1.54) is 6.33 Å². The largest absolute Gasteiger partial charge is 0.389 e. The van der Waals surface area contributed by atoms with Gasteiger partial charge in [-0.2, -0.15) is 18.3 Å². The first-order valence-electron chi connectivity index (χ1n) is 6.06. The van der Waals surface area contributed by atoms with Gasteiger partial charge in [0.25, 0.3) is 0 Å². The Balaban J connectivity index is 2.16. The fourth-order valence-corrected chi connectivity index (χ4v) is 1.61. The topological polar surface area (TPSA) is 42.7 Å². The molecule has 1 N–H and O–H groups in total. The smallest absolute Gasteiger partial charge is 0.310 e. The zero-order valence-electron chi connectivity index (χ0n) is 10.7. The van der Waals surface area contributed by atoms with Crippen molar-refractivity contribution in [2.24, 2.45) is 0 Å². The molecule has 1 aromatic heterocycles. The molecule has 0 aliphatic heterocycles. The standard InChI is InChI=1S/C11H19F3N4/c1-9(2)18-10(16-8-17-18)7-15-6-4-3-5-11(12,13)14/h8-9,15H,3-7H2,1-2H3. The van der Waals surface area contributed by atoms with E-state index in [4.69, 9.17) is 0 Å². The van der Waals surface area contributed by atoms with Crippen molar-refractivity contribution in [2.75, 3.05) is 6.54 Å². The number of aromatic nitrogens is 3. The Labute approximate surface area is 105 Å². The molecule has 4 nitrogen and oxygen atoms in total. The van der Waals surface area contributed by atoms with Crippen LogP contribution >= 0.6 is 0 Å². The second kappa shape index (κ2) is 6.72. The molecule has 0 aliphatic carbocycles. The van der Waals surface area contributed by atoms with Gasteiger partial charge in [-0.3, -0.25) is 0 Å². The Kier molecular flexibility index (Phi) is 5.58. The molecular weight excluding hydrogens is 245 g/mol. The average Bonchev–Trinajstić information content (AvgIpc) is 2.69. The van der Waals surface area contributed by atoms with Gasteiger partial charge < -0.3 is 5.32 Å². The highest BCUT2D eigenvalue weighted by Gasteiger charge is 2.25. The Morgan fingerprint density at radius 1 is 1.33 bits per heavy atom. The van der Waals surface area contributed by atoms with Crippen LogP contribution < -0.4 is 5.32 Å². The summed E-state index contributed by atoms with van der Waals surface area (Å²) >= 11 is 0. The maximum Gasteiger partial charge on any atom is 0.389 e. The second-order valence-electron chi connectivity index (χ2n) is 4.46. The summed E-state index contributed by atoms with van der Waals surface area (Å²) in [5.41, 5.74) is 0. The predicted octanol–water partition coefficient (Wildman–Crippen LogP) is 2.68. The lowest BCUT2D eigenvalue weighted by Gasteiger charge is -2.10. The number of alkyl halides is 3. The Morgan fingerprint density at radius 2 is 2.06 bits per heavy atom. The van der Waals surface area contributed by atoms with Crippen LogP contribution in [0, 0.1) is 0 Å². The summed E-state index contributed by atoms with van der Waals surface area (Å²) < 4.78 is 37.5. The van der Waals surface area contributed by atoms with E-state index >= 15 is 0 Å². The van der Waals surface area contributed by atoms with Gasteiger partial charge in [0, 0.05) is 12.5 Å². The minimum absolute atomic E-state index is 0.160. The number of halogens is 3. The Morgan fingerprint density at radius 3 is 2.67 bits per heavy atom. The van der Waals surface area contributed by atoms with Crippen molar-refractivity contribution < 1.29 is 13.2 Å². The molecule has 1 rings (SSSR count). The highest BCUT2D eigenvalue weighted by atomic mass is 19.4. The Hall–Kier alpha value is -1.11. The summed E-state index contributed by atoms with van der Waals surface area (Å²) in [5, 5.41) is 7.16. The van der Waals surface area contributed by atoms with Crippen molar-refractivity contribution in [1.29, 1.82) is 0 Å². The van der Waals surface area contributed by atoms with Crippen LogP contribution in [0.3, 0.4) is 0 Å². The van der Waals surface area contributed by atoms with Crippen molar-refractivity contribution in [3.63, 3.8) is 0 Å². The zero-order chi connectivity index (χ0) is 13.6. The van der Waals surface area contributed by atoms with Crippen LogP contribution in [0.4, 0.5) is 13.2 Å². The van der Waals surface area contributed by atoms with E-state index < -0.39 is 12.6 Å². The number of hydrogen-bond donors (Lipinski definition) is 1. The molecule has 0 unspecified atom stereocenters. The molecule has 0 amide bonds. The zero-order valence-corrected chi connectivity index (χ0v) is 10.7. The fraction of sp³-hybridized carbons (Fsp3) is 0.818. The van der Waals surface area contributed by atoms with Gasteiger partial charge in [-0.05, 0) is 33.2 Å². The van der Waals surface area contributed by atoms with Gasteiger partial charge in [0.1, 0.15) is 12.2 Å². The van der Waals surface area contributed by atoms with Gasteiger partial charge >= 0.3 is 6.18 Å². The number of hydrogen-bond acceptors (Lipinski definition) is 3. The van der Waals surface area contributed by atoms with Gasteiger partial charge in [-0.1, -0.05) is 0 Å². The van der Waals surface area contributed by atoms with Gasteiger partial charge in [-0.15, -0.1) is 0 Å². The molecule has 1 aromatic rings. The molecule has 0 bridgehead atoms. The number of rotatable bonds is 7. The third-order valence-electron chi connectivity index (χ3n) is 2.48. The lowest BCUT2D eigenvalue weighted by Crippen LogP contribution is -2.20. The third kappa shape index (κ3) is 5.48. The first-order valence-corrected chi connectivity index (χ1v) is 6.06. The van der Waals surface area contributed by atoms with Crippen LogP contribution in [-0.4, -0.2) is 27.5 Å². The molecule has 104 valence electrons. The maximum absolute atomic E-state index is 11.9. The SMILES string of the molecule is CC(C)n1ncnc1CNCCCCC(F)(F)F. The van der Waals surface area contributed by atoms with Crippen LogP contribution in [0.2, 0.25) is 0 Å². The van der Waals surface area contributed by atoms with E-state index in [0.717, 1.165) is 5.82 Å². The van der Waals surface area contributed by atoms with E-state index in [0.29, 0.717) is 19.5 Å². The van der Waals surface area contributed by atoms with Crippen molar-refractivity contribution in [1.82, 2.24) is 20.1 Å². The first-order chi connectivity index (χ1) is 8.40.